The number of carboxylic acid groups (broad SMARTS) is 3. The lowest BCUT2D eigenvalue weighted by Crippen LogP contribution is -2.60. The molecule has 0 rings (SSSR count). The summed E-state index contributed by atoms with van der Waals surface area (Å²) in [4.78, 5) is 44.6. The van der Waals surface area contributed by atoms with Crippen molar-refractivity contribution in [1.29, 1.82) is 0 Å². The first-order valence-corrected chi connectivity index (χ1v) is 7.45. The second kappa shape index (κ2) is 8.59. The van der Waals surface area contributed by atoms with E-state index in [1.807, 2.05) is 0 Å². The third-order valence-corrected chi connectivity index (χ3v) is 4.09. The van der Waals surface area contributed by atoms with Crippen molar-refractivity contribution in [3.05, 3.63) is 0 Å². The van der Waals surface area contributed by atoms with E-state index in [1.54, 1.807) is 6.92 Å². The average Bonchev–Trinajstić information content (AvgIpc) is 2.42. The van der Waals surface area contributed by atoms with Crippen LogP contribution in [0.5, 0.6) is 0 Å². The Hall–Kier alpha value is -1.81. The molecule has 0 fully saturated rings. The number of hydrogen-bond donors (Lipinski definition) is 5. The third kappa shape index (κ3) is 5.19. The summed E-state index contributed by atoms with van der Waals surface area (Å²) in [6.07, 6.45) is 0.901. The molecule has 0 aromatic heterocycles. The number of aliphatic hydroxyl groups is 1. The van der Waals surface area contributed by atoms with E-state index in [0.717, 1.165) is 18.7 Å². The number of carbonyl (C=O) groups excluding carboxylic acids is 1. The van der Waals surface area contributed by atoms with Gasteiger partial charge in [-0.3, -0.25) is 14.4 Å². The molecule has 126 valence electrons. The molecular formula is C12H19NO8S. The van der Waals surface area contributed by atoms with Gasteiger partial charge in [-0.05, 0) is 13.3 Å². The maximum Gasteiger partial charge on any atom is 0.346 e. The number of hydrogen-bond acceptors (Lipinski definition) is 6. The molecule has 0 aliphatic heterocycles. The Bertz CT molecular complexity index is 454. The van der Waals surface area contributed by atoms with E-state index in [2.05, 4.69) is 5.32 Å². The molecule has 3 unspecified atom stereocenters. The van der Waals surface area contributed by atoms with Crippen molar-refractivity contribution in [2.75, 3.05) is 5.75 Å². The summed E-state index contributed by atoms with van der Waals surface area (Å²) in [5, 5.41) is 37.9. The van der Waals surface area contributed by atoms with Crippen molar-refractivity contribution < 1.29 is 39.6 Å². The van der Waals surface area contributed by atoms with Crippen LogP contribution in [0.25, 0.3) is 0 Å². The Morgan fingerprint density at radius 2 is 1.73 bits per heavy atom. The van der Waals surface area contributed by atoms with E-state index in [1.165, 1.54) is 0 Å². The summed E-state index contributed by atoms with van der Waals surface area (Å²) in [5.74, 6) is -8.34. The normalized spacial score (nSPS) is 16.1. The van der Waals surface area contributed by atoms with Crippen LogP contribution in [0, 0.1) is 5.92 Å². The van der Waals surface area contributed by atoms with Crippen LogP contribution in [0.3, 0.4) is 0 Å². The Morgan fingerprint density at radius 3 is 2.09 bits per heavy atom. The molecule has 22 heavy (non-hydrogen) atoms. The van der Waals surface area contributed by atoms with Crippen molar-refractivity contribution in [2.45, 2.75) is 37.7 Å². The standard InChI is InChI=1S/C12H19NO8S/c1-3-4-7(22-5-8(14)15)13-10(18)12(21,11(19)20)6(2)9(16)17/h6-7,21H,3-5H2,1-2H3,(H,13,18)(H,14,15)(H,16,17)(H,19,20). The number of aliphatic carboxylic acids is 3. The number of thioether (sulfide) groups is 1. The van der Waals surface area contributed by atoms with Crippen molar-refractivity contribution >= 4 is 35.6 Å². The smallest absolute Gasteiger partial charge is 0.346 e. The van der Waals surface area contributed by atoms with E-state index in [0.29, 0.717) is 12.8 Å². The van der Waals surface area contributed by atoms with Crippen LogP contribution in [-0.2, 0) is 19.2 Å². The van der Waals surface area contributed by atoms with E-state index >= 15 is 0 Å². The number of carbonyl (C=O) groups is 4. The van der Waals surface area contributed by atoms with E-state index in [9.17, 15) is 24.3 Å². The molecule has 5 N–H and O–H groups in total. The summed E-state index contributed by atoms with van der Waals surface area (Å²) >= 11 is 0.848. The molecule has 1 amide bonds. The Kier molecular flexibility index (Phi) is 7.88. The SMILES string of the molecule is CCCC(NC(=O)C(O)(C(=O)O)C(C)C(=O)O)SCC(=O)O. The van der Waals surface area contributed by atoms with Gasteiger partial charge in [0.1, 0.15) is 5.92 Å². The lowest BCUT2D eigenvalue weighted by molar-refractivity contribution is -0.179. The predicted octanol–water partition coefficient (Wildman–Crippen LogP) is -0.417. The molecule has 0 saturated carbocycles. The maximum atomic E-state index is 12.0. The van der Waals surface area contributed by atoms with Crippen LogP contribution in [-0.4, -0.2) is 61.0 Å². The van der Waals surface area contributed by atoms with Crippen LogP contribution in [0.4, 0.5) is 0 Å². The van der Waals surface area contributed by atoms with Crippen LogP contribution in [0.2, 0.25) is 0 Å². The number of rotatable bonds is 10. The minimum atomic E-state index is -3.14. The van der Waals surface area contributed by atoms with Gasteiger partial charge < -0.3 is 25.7 Å². The van der Waals surface area contributed by atoms with Gasteiger partial charge in [0.05, 0.1) is 11.1 Å². The van der Waals surface area contributed by atoms with Crippen LogP contribution < -0.4 is 5.32 Å². The Labute approximate surface area is 130 Å². The van der Waals surface area contributed by atoms with E-state index in [4.69, 9.17) is 15.3 Å². The topological polar surface area (TPSA) is 161 Å². The summed E-state index contributed by atoms with van der Waals surface area (Å²) in [5.41, 5.74) is -3.14. The van der Waals surface area contributed by atoms with Crippen molar-refractivity contribution in [2.24, 2.45) is 5.92 Å². The highest BCUT2D eigenvalue weighted by Crippen LogP contribution is 2.21. The zero-order valence-electron chi connectivity index (χ0n) is 12.1. The van der Waals surface area contributed by atoms with Crippen LogP contribution in [0.1, 0.15) is 26.7 Å². The molecule has 0 heterocycles. The first-order chi connectivity index (χ1) is 10.1. The fourth-order valence-corrected chi connectivity index (χ4v) is 2.48. The van der Waals surface area contributed by atoms with Crippen molar-refractivity contribution in [3.8, 4) is 0 Å². The monoisotopic (exact) mass is 337 g/mol. The quantitative estimate of drug-likeness (QED) is 0.263. The highest BCUT2D eigenvalue weighted by molar-refractivity contribution is 8.00. The van der Waals surface area contributed by atoms with Gasteiger partial charge >= 0.3 is 17.9 Å². The van der Waals surface area contributed by atoms with Crippen LogP contribution in [0.15, 0.2) is 0 Å². The van der Waals surface area contributed by atoms with Gasteiger partial charge in [0.2, 0.25) is 0 Å². The minimum Gasteiger partial charge on any atom is -0.481 e. The zero-order valence-corrected chi connectivity index (χ0v) is 12.9. The molecule has 0 aromatic rings. The number of amides is 1. The van der Waals surface area contributed by atoms with Gasteiger partial charge in [-0.15, -0.1) is 11.8 Å². The molecule has 10 heteroatoms. The number of carboxylic acids is 3. The van der Waals surface area contributed by atoms with E-state index in [-0.39, 0.29) is 5.75 Å². The summed E-state index contributed by atoms with van der Waals surface area (Å²) in [6.45, 7) is 2.67. The van der Waals surface area contributed by atoms with E-state index < -0.39 is 40.7 Å². The van der Waals surface area contributed by atoms with Gasteiger partial charge in [-0.2, -0.15) is 0 Å². The molecule has 9 nitrogen and oxygen atoms in total. The molecule has 0 aliphatic carbocycles. The molecule has 0 spiro atoms. The number of nitrogens with one attached hydrogen (secondary N) is 1. The van der Waals surface area contributed by atoms with Crippen molar-refractivity contribution in [3.63, 3.8) is 0 Å². The maximum absolute atomic E-state index is 12.0. The summed E-state index contributed by atoms with van der Waals surface area (Å²) in [6, 6.07) is 0. The van der Waals surface area contributed by atoms with Crippen molar-refractivity contribution in [1.82, 2.24) is 5.32 Å². The second-order valence-electron chi connectivity index (χ2n) is 4.59. The predicted molar refractivity (Wildman–Crippen MR) is 76.3 cm³/mol. The molecule has 0 radical (unpaired) electrons. The third-order valence-electron chi connectivity index (χ3n) is 2.92. The van der Waals surface area contributed by atoms with Gasteiger partial charge in [0, 0.05) is 0 Å². The fraction of sp³-hybridized carbons (Fsp3) is 0.667. The van der Waals surface area contributed by atoms with Gasteiger partial charge in [0.15, 0.2) is 0 Å². The molecule has 3 atom stereocenters. The highest BCUT2D eigenvalue weighted by atomic mass is 32.2. The lowest BCUT2D eigenvalue weighted by atomic mass is 9.88. The molecular weight excluding hydrogens is 318 g/mol. The largest absolute Gasteiger partial charge is 0.481 e. The lowest BCUT2D eigenvalue weighted by Gasteiger charge is -2.28. The Balaban J connectivity index is 5.17. The van der Waals surface area contributed by atoms with Gasteiger partial charge in [0.25, 0.3) is 11.5 Å². The first-order valence-electron chi connectivity index (χ1n) is 6.40. The Morgan fingerprint density at radius 1 is 1.18 bits per heavy atom. The zero-order chi connectivity index (χ0) is 17.5. The molecule has 0 aliphatic rings. The fourth-order valence-electron chi connectivity index (χ4n) is 1.55. The first kappa shape index (κ1) is 20.2. The molecule has 0 saturated heterocycles. The van der Waals surface area contributed by atoms with Gasteiger partial charge in [-0.1, -0.05) is 13.3 Å². The highest BCUT2D eigenvalue weighted by Gasteiger charge is 2.53. The molecule has 0 aromatic carbocycles. The molecule has 0 bridgehead atoms. The van der Waals surface area contributed by atoms with Gasteiger partial charge in [-0.25, -0.2) is 4.79 Å². The minimum absolute atomic E-state index is 0.328. The second-order valence-corrected chi connectivity index (χ2v) is 5.78. The average molecular weight is 337 g/mol. The summed E-state index contributed by atoms with van der Waals surface area (Å²) < 4.78 is 0. The summed E-state index contributed by atoms with van der Waals surface area (Å²) in [7, 11) is 0. The van der Waals surface area contributed by atoms with Crippen LogP contribution >= 0.6 is 11.8 Å².